The fourth-order valence-corrected chi connectivity index (χ4v) is 3.24. The normalized spacial score (nSPS) is 10.8. The van der Waals surface area contributed by atoms with Gasteiger partial charge in [0.15, 0.2) is 16.6 Å². The second-order valence-electron chi connectivity index (χ2n) is 5.46. The first-order valence-corrected chi connectivity index (χ1v) is 8.65. The minimum Gasteiger partial charge on any atom is -0.462 e. The zero-order valence-electron chi connectivity index (χ0n) is 13.4. The Balaban J connectivity index is 1.43. The second-order valence-corrected chi connectivity index (χ2v) is 6.32. The third-order valence-electron chi connectivity index (χ3n) is 3.61. The van der Waals surface area contributed by atoms with E-state index in [1.807, 2.05) is 6.07 Å². The summed E-state index contributed by atoms with van der Waals surface area (Å²) in [6.45, 7) is 0. The maximum absolute atomic E-state index is 14.2. The van der Waals surface area contributed by atoms with Gasteiger partial charge in [-0.3, -0.25) is 4.79 Å². The van der Waals surface area contributed by atoms with E-state index in [-0.39, 0.29) is 12.3 Å². The summed E-state index contributed by atoms with van der Waals surface area (Å²) in [5.41, 5.74) is 1.33. The summed E-state index contributed by atoms with van der Waals surface area (Å²) in [6.07, 6.45) is 4.89. The van der Waals surface area contributed by atoms with E-state index in [1.165, 1.54) is 22.1 Å². The molecule has 3 heterocycles. The molecule has 4 rings (SSSR count). The number of benzene rings is 1. The molecule has 130 valence electrons. The highest BCUT2D eigenvalue weighted by Gasteiger charge is 2.12. The van der Waals surface area contributed by atoms with Crippen LogP contribution in [-0.2, 0) is 11.2 Å². The molecule has 0 aliphatic carbocycles. The van der Waals surface area contributed by atoms with Crippen molar-refractivity contribution in [3.63, 3.8) is 0 Å². The van der Waals surface area contributed by atoms with Crippen LogP contribution in [0.15, 0.2) is 64.9 Å². The van der Waals surface area contributed by atoms with Gasteiger partial charge in [0.1, 0.15) is 5.69 Å². The number of aromatic nitrogens is 3. The molecular formula is C18H13FN4O2S. The average molecular weight is 368 g/mol. The number of halogens is 1. The Morgan fingerprint density at radius 1 is 1.31 bits per heavy atom. The smallest absolute Gasteiger partial charge is 0.230 e. The molecule has 0 radical (unpaired) electrons. The van der Waals surface area contributed by atoms with E-state index >= 15 is 0 Å². The van der Waals surface area contributed by atoms with E-state index in [4.69, 9.17) is 4.42 Å². The summed E-state index contributed by atoms with van der Waals surface area (Å²) in [7, 11) is 0. The molecule has 0 atom stereocenters. The van der Waals surface area contributed by atoms with Crippen molar-refractivity contribution in [2.24, 2.45) is 0 Å². The van der Waals surface area contributed by atoms with Crippen LogP contribution in [0.1, 0.15) is 5.69 Å². The number of hydrogen-bond donors (Lipinski definition) is 1. The van der Waals surface area contributed by atoms with Crippen LogP contribution in [0.3, 0.4) is 0 Å². The summed E-state index contributed by atoms with van der Waals surface area (Å²) in [4.78, 5) is 16.6. The van der Waals surface area contributed by atoms with Crippen LogP contribution in [-0.4, -0.2) is 20.7 Å². The number of nitrogens with zero attached hydrogens (tertiary/aromatic N) is 3. The Morgan fingerprint density at radius 2 is 2.23 bits per heavy atom. The monoisotopic (exact) mass is 368 g/mol. The van der Waals surface area contributed by atoms with Gasteiger partial charge in [-0.1, -0.05) is 0 Å². The van der Waals surface area contributed by atoms with Gasteiger partial charge in [-0.2, -0.15) is 5.10 Å². The van der Waals surface area contributed by atoms with Crippen molar-refractivity contribution >= 4 is 22.9 Å². The van der Waals surface area contributed by atoms with E-state index in [0.29, 0.717) is 27.8 Å². The van der Waals surface area contributed by atoms with Gasteiger partial charge >= 0.3 is 0 Å². The largest absolute Gasteiger partial charge is 0.462 e. The molecule has 8 heteroatoms. The molecule has 3 aromatic heterocycles. The van der Waals surface area contributed by atoms with E-state index in [1.54, 1.807) is 48.3 Å². The fraction of sp³-hybridized carbons (Fsp3) is 0.0556. The van der Waals surface area contributed by atoms with Crippen molar-refractivity contribution in [1.29, 1.82) is 0 Å². The molecule has 6 nitrogen and oxygen atoms in total. The third-order valence-corrected chi connectivity index (χ3v) is 4.51. The number of hydrogen-bond acceptors (Lipinski definition) is 5. The maximum atomic E-state index is 14.2. The minimum absolute atomic E-state index is 0.0970. The average Bonchev–Trinajstić information content (AvgIpc) is 3.37. The van der Waals surface area contributed by atoms with Gasteiger partial charge in [0.25, 0.3) is 0 Å². The molecule has 0 aliphatic rings. The summed E-state index contributed by atoms with van der Waals surface area (Å²) < 4.78 is 20.9. The predicted molar refractivity (Wildman–Crippen MR) is 95.7 cm³/mol. The van der Waals surface area contributed by atoms with Crippen LogP contribution in [0.4, 0.5) is 10.1 Å². The Kier molecular flexibility index (Phi) is 4.32. The fourth-order valence-electron chi connectivity index (χ4n) is 2.45. The van der Waals surface area contributed by atoms with Gasteiger partial charge in [0.05, 0.1) is 18.4 Å². The van der Waals surface area contributed by atoms with Crippen LogP contribution in [0.25, 0.3) is 16.5 Å². The minimum atomic E-state index is -0.472. The van der Waals surface area contributed by atoms with Crippen LogP contribution in [0.2, 0.25) is 0 Å². The van der Waals surface area contributed by atoms with Crippen molar-refractivity contribution in [1.82, 2.24) is 14.8 Å². The quantitative estimate of drug-likeness (QED) is 0.580. The third kappa shape index (κ3) is 3.40. The van der Waals surface area contributed by atoms with Crippen molar-refractivity contribution < 1.29 is 13.6 Å². The van der Waals surface area contributed by atoms with Gasteiger partial charge in [-0.15, -0.1) is 11.3 Å². The topological polar surface area (TPSA) is 73.0 Å². The van der Waals surface area contributed by atoms with Crippen molar-refractivity contribution in [3.8, 4) is 16.5 Å². The van der Waals surface area contributed by atoms with Crippen LogP contribution in [0, 0.1) is 5.82 Å². The number of carbonyl (C=O) groups is 1. The Labute approximate surface area is 151 Å². The molecule has 0 saturated carbocycles. The Morgan fingerprint density at radius 3 is 2.96 bits per heavy atom. The zero-order valence-corrected chi connectivity index (χ0v) is 14.2. The van der Waals surface area contributed by atoms with Gasteiger partial charge in [0, 0.05) is 23.5 Å². The Bertz CT molecular complexity index is 1030. The lowest BCUT2D eigenvalue weighted by Gasteiger charge is -2.07. The molecule has 26 heavy (non-hydrogen) atoms. The first-order valence-electron chi connectivity index (χ1n) is 7.77. The number of amides is 1. The van der Waals surface area contributed by atoms with Gasteiger partial charge in [0.2, 0.25) is 5.91 Å². The predicted octanol–water partition coefficient (Wildman–Crippen LogP) is 3.91. The first-order chi connectivity index (χ1) is 12.7. The lowest BCUT2D eigenvalue weighted by molar-refractivity contribution is -0.115. The lowest BCUT2D eigenvalue weighted by atomic mass is 10.2. The van der Waals surface area contributed by atoms with Crippen LogP contribution < -0.4 is 5.32 Å². The molecule has 0 bridgehead atoms. The summed E-state index contributed by atoms with van der Waals surface area (Å²) in [6, 6.07) is 9.77. The lowest BCUT2D eigenvalue weighted by Crippen LogP contribution is -2.15. The molecular weight excluding hydrogens is 355 g/mol. The van der Waals surface area contributed by atoms with Crippen LogP contribution >= 0.6 is 11.3 Å². The summed E-state index contributed by atoms with van der Waals surface area (Å²) in [5.74, 6) is -0.0780. The standard InChI is InChI=1S/C18H13FN4O2S/c19-14-9-12(4-5-15(14)23-7-2-6-20-23)21-17(24)10-13-11-26-18(22-13)16-3-1-8-25-16/h1-9,11H,10H2,(H,21,24). The highest BCUT2D eigenvalue weighted by molar-refractivity contribution is 7.13. The van der Waals surface area contributed by atoms with Gasteiger partial charge < -0.3 is 9.73 Å². The highest BCUT2D eigenvalue weighted by atomic mass is 32.1. The number of furan rings is 1. The molecule has 4 aromatic rings. The molecule has 0 unspecified atom stereocenters. The summed E-state index contributed by atoms with van der Waals surface area (Å²) in [5, 5.41) is 9.19. The summed E-state index contributed by atoms with van der Waals surface area (Å²) >= 11 is 1.40. The van der Waals surface area contributed by atoms with Crippen molar-refractivity contribution in [2.45, 2.75) is 6.42 Å². The molecule has 0 spiro atoms. The van der Waals surface area contributed by atoms with Crippen molar-refractivity contribution in [3.05, 3.63) is 71.9 Å². The number of nitrogens with one attached hydrogen (secondary N) is 1. The molecule has 0 aliphatic heterocycles. The second kappa shape index (κ2) is 6.93. The molecule has 1 amide bonds. The maximum Gasteiger partial charge on any atom is 0.230 e. The molecule has 1 aromatic carbocycles. The number of thiazole rings is 1. The van der Waals surface area contributed by atoms with Gasteiger partial charge in [-0.05, 0) is 36.4 Å². The molecule has 1 N–H and O–H groups in total. The number of rotatable bonds is 5. The van der Waals surface area contributed by atoms with Crippen LogP contribution in [0.5, 0.6) is 0 Å². The Hall–Kier alpha value is -3.26. The van der Waals surface area contributed by atoms with E-state index in [2.05, 4.69) is 15.4 Å². The van der Waals surface area contributed by atoms with E-state index < -0.39 is 5.82 Å². The number of anilines is 1. The van der Waals surface area contributed by atoms with E-state index in [9.17, 15) is 9.18 Å². The van der Waals surface area contributed by atoms with E-state index in [0.717, 1.165) is 0 Å². The SMILES string of the molecule is O=C(Cc1csc(-c2ccco2)n1)Nc1ccc(-n2cccn2)c(F)c1. The first kappa shape index (κ1) is 16.2. The molecule has 0 fully saturated rings. The highest BCUT2D eigenvalue weighted by Crippen LogP contribution is 2.24. The zero-order chi connectivity index (χ0) is 17.9. The molecule has 0 saturated heterocycles. The van der Waals surface area contributed by atoms with Gasteiger partial charge in [-0.25, -0.2) is 14.1 Å². The number of carbonyl (C=O) groups excluding carboxylic acids is 1. The van der Waals surface area contributed by atoms with Crippen molar-refractivity contribution in [2.75, 3.05) is 5.32 Å².